The molecule has 10 heteroatoms. The first kappa shape index (κ1) is 25.7. The summed E-state index contributed by atoms with van der Waals surface area (Å²) in [5.74, 6) is -3.13. The topological polar surface area (TPSA) is 139 Å². The third-order valence-corrected chi connectivity index (χ3v) is 3.63. The maximum absolute atomic E-state index is 10.8. The van der Waals surface area contributed by atoms with Gasteiger partial charge in [0, 0.05) is 13.8 Å². The molecule has 0 atom stereocenters. The fraction of sp³-hybridized carbons (Fsp3) is 0.182. The van der Waals surface area contributed by atoms with Crippen LogP contribution in [0.1, 0.15) is 62.7 Å². The van der Waals surface area contributed by atoms with Crippen molar-refractivity contribution in [2.75, 3.05) is 6.79 Å². The van der Waals surface area contributed by atoms with E-state index in [9.17, 15) is 28.8 Å². The van der Waals surface area contributed by atoms with Crippen molar-refractivity contribution in [3.8, 4) is 0 Å². The Hall–Kier alpha value is -4.34. The van der Waals surface area contributed by atoms with Gasteiger partial charge >= 0.3 is 35.8 Å². The van der Waals surface area contributed by atoms with E-state index in [1.165, 1.54) is 13.8 Å². The van der Waals surface area contributed by atoms with Gasteiger partial charge in [0.25, 0.3) is 0 Å². The lowest BCUT2D eigenvalue weighted by Crippen LogP contribution is -2.07. The molecule has 2 aliphatic heterocycles. The molecular formula is C22H20O10. The Balaban J connectivity index is 0.000000239. The predicted molar refractivity (Wildman–Crippen MR) is 108 cm³/mol. The van der Waals surface area contributed by atoms with Gasteiger partial charge in [-0.2, -0.15) is 0 Å². The smallest absolute Gasteiger partial charge is 0.346 e. The molecule has 10 nitrogen and oxygen atoms in total. The molecule has 0 aliphatic carbocycles. The van der Waals surface area contributed by atoms with Crippen LogP contribution in [0.4, 0.5) is 0 Å². The van der Waals surface area contributed by atoms with Gasteiger partial charge in [-0.3, -0.25) is 9.59 Å². The largest absolute Gasteiger partial charge is 0.428 e. The molecule has 0 spiro atoms. The van der Waals surface area contributed by atoms with E-state index in [1.807, 2.05) is 0 Å². The molecule has 4 rings (SSSR count). The van der Waals surface area contributed by atoms with Gasteiger partial charge in [0.15, 0.2) is 0 Å². The summed E-state index contributed by atoms with van der Waals surface area (Å²) >= 11 is 0. The zero-order valence-corrected chi connectivity index (χ0v) is 16.4. The summed E-state index contributed by atoms with van der Waals surface area (Å²) in [4.78, 5) is 63.4. The van der Waals surface area contributed by atoms with Crippen LogP contribution in [0.3, 0.4) is 0 Å². The number of fused-ring (bicyclic) bond motifs is 2. The van der Waals surface area contributed by atoms with Crippen LogP contribution in [-0.2, 0) is 28.5 Å². The first-order chi connectivity index (χ1) is 14.7. The summed E-state index contributed by atoms with van der Waals surface area (Å²) < 4.78 is 17.2. The highest BCUT2D eigenvalue weighted by Crippen LogP contribution is 2.19. The van der Waals surface area contributed by atoms with E-state index in [1.54, 1.807) is 48.5 Å². The first-order valence-corrected chi connectivity index (χ1v) is 8.68. The Morgan fingerprint density at radius 2 is 0.875 bits per heavy atom. The third-order valence-electron chi connectivity index (χ3n) is 3.63. The van der Waals surface area contributed by atoms with Crippen LogP contribution in [0.2, 0.25) is 0 Å². The standard InChI is InChI=1S/2C8H4O3.C5H8O4.CH4/c2*9-7-5-3-1-2-4-6(5)8(10)11-7;1-4(6)8-3-9-5(2)7;/h2*1-4H;3H2,1-2H3;1H4. The number of carbonyl (C=O) groups is 6. The summed E-state index contributed by atoms with van der Waals surface area (Å²) in [7, 11) is 0. The molecule has 2 aromatic carbocycles. The zero-order chi connectivity index (χ0) is 23.0. The highest BCUT2D eigenvalue weighted by molar-refractivity contribution is 6.15. The van der Waals surface area contributed by atoms with Crippen LogP contribution in [0, 0.1) is 0 Å². The number of hydrogen-bond acceptors (Lipinski definition) is 10. The van der Waals surface area contributed by atoms with Gasteiger partial charge in [-0.15, -0.1) is 0 Å². The van der Waals surface area contributed by atoms with Gasteiger partial charge in [-0.25, -0.2) is 19.2 Å². The van der Waals surface area contributed by atoms with Gasteiger partial charge < -0.3 is 18.9 Å². The summed E-state index contributed by atoms with van der Waals surface area (Å²) in [6.07, 6.45) is 0. The monoisotopic (exact) mass is 444 g/mol. The molecule has 2 aliphatic rings. The molecule has 0 radical (unpaired) electrons. The highest BCUT2D eigenvalue weighted by Gasteiger charge is 2.29. The molecular weight excluding hydrogens is 424 g/mol. The van der Waals surface area contributed by atoms with Crippen molar-refractivity contribution in [1.29, 1.82) is 0 Å². The predicted octanol–water partition coefficient (Wildman–Crippen LogP) is 2.70. The molecule has 0 saturated carbocycles. The second kappa shape index (κ2) is 11.7. The second-order valence-corrected chi connectivity index (χ2v) is 5.83. The molecule has 0 N–H and O–H groups in total. The number of benzene rings is 2. The van der Waals surface area contributed by atoms with Gasteiger partial charge in [0.1, 0.15) is 0 Å². The summed E-state index contributed by atoms with van der Waals surface area (Å²) in [5.41, 5.74) is 1.44. The maximum atomic E-state index is 10.8. The number of cyclic esters (lactones) is 4. The third kappa shape index (κ3) is 6.87. The van der Waals surface area contributed by atoms with Gasteiger partial charge in [-0.05, 0) is 24.3 Å². The highest BCUT2D eigenvalue weighted by atomic mass is 16.7. The van der Waals surface area contributed by atoms with Gasteiger partial charge in [0.05, 0.1) is 22.3 Å². The van der Waals surface area contributed by atoms with E-state index in [4.69, 9.17) is 0 Å². The Kier molecular flexibility index (Phi) is 9.43. The molecule has 0 aromatic heterocycles. The van der Waals surface area contributed by atoms with E-state index in [2.05, 4.69) is 18.9 Å². The first-order valence-electron chi connectivity index (χ1n) is 8.68. The van der Waals surface area contributed by atoms with Crippen LogP contribution >= 0.6 is 0 Å². The molecule has 2 aromatic rings. The lowest BCUT2D eigenvalue weighted by atomic mass is 10.1. The number of esters is 6. The summed E-state index contributed by atoms with van der Waals surface area (Å²) in [5, 5.41) is 0. The SMILES string of the molecule is C.CC(=O)OCOC(C)=O.O=C1OC(=O)c2ccccc21.O=C1OC(=O)c2ccccc21. The Bertz CT molecular complexity index is 905. The lowest BCUT2D eigenvalue weighted by molar-refractivity contribution is -0.164. The molecule has 0 saturated heterocycles. The van der Waals surface area contributed by atoms with Crippen molar-refractivity contribution in [1.82, 2.24) is 0 Å². The molecule has 168 valence electrons. The molecule has 32 heavy (non-hydrogen) atoms. The maximum Gasteiger partial charge on any atom is 0.346 e. The van der Waals surface area contributed by atoms with Crippen molar-refractivity contribution in [3.63, 3.8) is 0 Å². The van der Waals surface area contributed by atoms with E-state index < -0.39 is 35.8 Å². The minimum absolute atomic E-state index is 0. The molecule has 0 fully saturated rings. The van der Waals surface area contributed by atoms with Crippen LogP contribution in [-0.4, -0.2) is 42.6 Å². The summed E-state index contributed by atoms with van der Waals surface area (Å²) in [6, 6.07) is 13.1. The van der Waals surface area contributed by atoms with E-state index in [0.717, 1.165) is 0 Å². The van der Waals surface area contributed by atoms with E-state index >= 15 is 0 Å². The van der Waals surface area contributed by atoms with Crippen LogP contribution in [0.15, 0.2) is 48.5 Å². The second-order valence-electron chi connectivity index (χ2n) is 5.83. The van der Waals surface area contributed by atoms with Crippen LogP contribution in [0.5, 0.6) is 0 Å². The molecule has 2 heterocycles. The van der Waals surface area contributed by atoms with Crippen molar-refractivity contribution in [2.24, 2.45) is 0 Å². The average Bonchev–Trinajstić information content (AvgIpc) is 3.18. The quantitative estimate of drug-likeness (QED) is 0.294. The van der Waals surface area contributed by atoms with Crippen LogP contribution in [0.25, 0.3) is 0 Å². The molecule has 0 unspecified atom stereocenters. The Morgan fingerprint density at radius 1 is 0.625 bits per heavy atom. The number of rotatable bonds is 2. The van der Waals surface area contributed by atoms with Gasteiger partial charge in [0.2, 0.25) is 6.79 Å². The Labute approximate surface area is 183 Å². The average molecular weight is 444 g/mol. The van der Waals surface area contributed by atoms with E-state index in [0.29, 0.717) is 22.3 Å². The van der Waals surface area contributed by atoms with Crippen LogP contribution < -0.4 is 0 Å². The van der Waals surface area contributed by atoms with Crippen molar-refractivity contribution >= 4 is 35.8 Å². The van der Waals surface area contributed by atoms with Crippen molar-refractivity contribution in [3.05, 3.63) is 70.8 Å². The van der Waals surface area contributed by atoms with Crippen molar-refractivity contribution in [2.45, 2.75) is 21.3 Å². The zero-order valence-electron chi connectivity index (χ0n) is 16.4. The Morgan fingerprint density at radius 3 is 1.09 bits per heavy atom. The normalized spacial score (nSPS) is 12.3. The molecule has 0 bridgehead atoms. The number of hydrogen-bond donors (Lipinski definition) is 0. The fourth-order valence-corrected chi connectivity index (χ4v) is 2.26. The molecule has 0 amide bonds. The minimum atomic E-state index is -0.550. The lowest BCUT2D eigenvalue weighted by Gasteiger charge is -1.99. The number of ether oxygens (including phenoxy) is 4. The van der Waals surface area contributed by atoms with E-state index in [-0.39, 0.29) is 14.2 Å². The fourth-order valence-electron chi connectivity index (χ4n) is 2.26. The number of carbonyl (C=O) groups excluding carboxylic acids is 6. The van der Waals surface area contributed by atoms with Crippen molar-refractivity contribution < 1.29 is 47.7 Å². The minimum Gasteiger partial charge on any atom is -0.428 e. The summed E-state index contributed by atoms with van der Waals surface area (Å²) in [6.45, 7) is 2.19. The van der Waals surface area contributed by atoms with Gasteiger partial charge in [-0.1, -0.05) is 31.7 Å².